The maximum absolute atomic E-state index is 11.8. The fourth-order valence-corrected chi connectivity index (χ4v) is 2.17. The summed E-state index contributed by atoms with van der Waals surface area (Å²) >= 11 is 0. The van der Waals surface area contributed by atoms with Gasteiger partial charge in [-0.15, -0.1) is 12.4 Å². The Balaban J connectivity index is 0.00000200. The van der Waals surface area contributed by atoms with E-state index in [1.165, 1.54) is 12.1 Å². The summed E-state index contributed by atoms with van der Waals surface area (Å²) in [4.78, 5) is 21.9. The number of rotatable bonds is 4. The molecule has 1 heterocycles. The molecule has 1 aliphatic rings. The van der Waals surface area contributed by atoms with Gasteiger partial charge in [0.2, 0.25) is 5.91 Å². The van der Waals surface area contributed by atoms with Crippen molar-refractivity contribution >= 4 is 24.0 Å². The van der Waals surface area contributed by atoms with Crippen molar-refractivity contribution < 1.29 is 9.72 Å². The van der Waals surface area contributed by atoms with E-state index in [4.69, 9.17) is 0 Å². The minimum atomic E-state index is -0.446. The third-order valence-corrected chi connectivity index (χ3v) is 3.22. The fourth-order valence-electron chi connectivity index (χ4n) is 2.17. The first kappa shape index (κ1) is 16.4. The van der Waals surface area contributed by atoms with Crippen LogP contribution in [-0.2, 0) is 11.2 Å². The van der Waals surface area contributed by atoms with Gasteiger partial charge in [0, 0.05) is 18.2 Å². The molecule has 6 nitrogen and oxygen atoms in total. The molecular formula is C13H18ClN3O3. The first-order valence-electron chi connectivity index (χ1n) is 6.38. The first-order valence-corrected chi connectivity index (χ1v) is 6.38. The number of carbonyl (C=O) groups excluding carboxylic acids is 1. The van der Waals surface area contributed by atoms with Gasteiger partial charge < -0.3 is 10.6 Å². The van der Waals surface area contributed by atoms with Crippen LogP contribution >= 0.6 is 12.4 Å². The summed E-state index contributed by atoms with van der Waals surface area (Å²) in [6.07, 6.45) is 2.17. The number of non-ortho nitro benzene ring substituents is 1. The van der Waals surface area contributed by atoms with Crippen molar-refractivity contribution in [2.75, 3.05) is 13.1 Å². The zero-order valence-corrected chi connectivity index (χ0v) is 11.8. The molecule has 1 saturated heterocycles. The normalized spacial score (nSPS) is 15.2. The molecule has 2 rings (SSSR count). The highest BCUT2D eigenvalue weighted by atomic mass is 35.5. The molecule has 1 aromatic rings. The lowest BCUT2D eigenvalue weighted by atomic mass is 10.1. The maximum Gasteiger partial charge on any atom is 0.269 e. The third-order valence-electron chi connectivity index (χ3n) is 3.22. The minimum absolute atomic E-state index is 0. The van der Waals surface area contributed by atoms with E-state index in [1.807, 2.05) is 0 Å². The van der Waals surface area contributed by atoms with Gasteiger partial charge in [-0.25, -0.2) is 0 Å². The lowest BCUT2D eigenvalue weighted by molar-refractivity contribution is -0.384. The summed E-state index contributed by atoms with van der Waals surface area (Å²) in [6.45, 7) is 1.87. The van der Waals surface area contributed by atoms with E-state index in [0.717, 1.165) is 31.5 Å². The van der Waals surface area contributed by atoms with E-state index in [2.05, 4.69) is 10.6 Å². The Labute approximate surface area is 123 Å². The predicted octanol–water partition coefficient (Wildman–Crippen LogP) is 1.43. The van der Waals surface area contributed by atoms with Gasteiger partial charge >= 0.3 is 0 Å². The Morgan fingerprint density at radius 2 is 1.90 bits per heavy atom. The van der Waals surface area contributed by atoms with Crippen molar-refractivity contribution in [1.82, 2.24) is 10.6 Å². The van der Waals surface area contributed by atoms with Gasteiger partial charge in [-0.1, -0.05) is 12.1 Å². The van der Waals surface area contributed by atoms with E-state index < -0.39 is 4.92 Å². The molecular weight excluding hydrogens is 282 g/mol. The summed E-state index contributed by atoms with van der Waals surface area (Å²) < 4.78 is 0. The third kappa shape index (κ3) is 4.79. The molecule has 0 bridgehead atoms. The number of halogens is 1. The number of piperidine rings is 1. The van der Waals surface area contributed by atoms with Gasteiger partial charge in [0.1, 0.15) is 0 Å². The van der Waals surface area contributed by atoms with E-state index in [9.17, 15) is 14.9 Å². The lowest BCUT2D eigenvalue weighted by Gasteiger charge is -2.23. The largest absolute Gasteiger partial charge is 0.353 e. The summed E-state index contributed by atoms with van der Waals surface area (Å²) in [6, 6.07) is 6.34. The number of nitrogens with one attached hydrogen (secondary N) is 2. The van der Waals surface area contributed by atoms with Gasteiger partial charge in [0.25, 0.3) is 5.69 Å². The minimum Gasteiger partial charge on any atom is -0.353 e. The zero-order valence-electron chi connectivity index (χ0n) is 11.0. The Morgan fingerprint density at radius 3 is 2.45 bits per heavy atom. The predicted molar refractivity (Wildman–Crippen MR) is 78.1 cm³/mol. The van der Waals surface area contributed by atoms with Crippen LogP contribution < -0.4 is 10.6 Å². The number of nitro groups is 1. The highest BCUT2D eigenvalue weighted by Crippen LogP contribution is 2.12. The van der Waals surface area contributed by atoms with Crippen molar-refractivity contribution in [3.63, 3.8) is 0 Å². The molecule has 0 atom stereocenters. The SMILES string of the molecule is Cl.O=C(Cc1ccc([N+](=O)[O-])cc1)NC1CCNCC1. The van der Waals surface area contributed by atoms with Gasteiger partial charge in [-0.2, -0.15) is 0 Å². The first-order chi connectivity index (χ1) is 9.15. The lowest BCUT2D eigenvalue weighted by Crippen LogP contribution is -2.43. The fraction of sp³-hybridized carbons (Fsp3) is 0.462. The van der Waals surface area contributed by atoms with Crippen molar-refractivity contribution in [2.24, 2.45) is 0 Å². The van der Waals surface area contributed by atoms with Crippen LogP contribution in [0.15, 0.2) is 24.3 Å². The number of benzene rings is 1. The Bertz CT molecular complexity index is 458. The van der Waals surface area contributed by atoms with Crippen molar-refractivity contribution in [3.8, 4) is 0 Å². The number of nitrogens with zero attached hydrogens (tertiary/aromatic N) is 1. The second kappa shape index (κ2) is 7.81. The molecule has 1 aliphatic heterocycles. The Kier molecular flexibility index (Phi) is 6.41. The number of amides is 1. The van der Waals surface area contributed by atoms with Gasteiger partial charge in [0.05, 0.1) is 11.3 Å². The van der Waals surface area contributed by atoms with Crippen LogP contribution in [0, 0.1) is 10.1 Å². The molecule has 0 aliphatic carbocycles. The molecule has 110 valence electrons. The van der Waals surface area contributed by atoms with Gasteiger partial charge in [-0.05, 0) is 31.5 Å². The number of carbonyl (C=O) groups is 1. The summed E-state index contributed by atoms with van der Waals surface area (Å²) in [5, 5.41) is 16.7. The van der Waals surface area contributed by atoms with E-state index in [0.29, 0.717) is 0 Å². The summed E-state index contributed by atoms with van der Waals surface area (Å²) in [7, 11) is 0. The molecule has 0 radical (unpaired) electrons. The molecule has 1 aromatic carbocycles. The van der Waals surface area contributed by atoms with E-state index >= 15 is 0 Å². The van der Waals surface area contributed by atoms with Crippen LogP contribution in [0.3, 0.4) is 0 Å². The van der Waals surface area contributed by atoms with E-state index in [1.54, 1.807) is 12.1 Å². The van der Waals surface area contributed by atoms with Crippen molar-refractivity contribution in [1.29, 1.82) is 0 Å². The van der Waals surface area contributed by atoms with Crippen LogP contribution in [0.1, 0.15) is 18.4 Å². The molecule has 2 N–H and O–H groups in total. The average molecular weight is 300 g/mol. The number of nitro benzene ring substituents is 1. The molecule has 1 fully saturated rings. The Hall–Kier alpha value is -1.66. The monoisotopic (exact) mass is 299 g/mol. The van der Waals surface area contributed by atoms with Crippen molar-refractivity contribution in [2.45, 2.75) is 25.3 Å². The second-order valence-corrected chi connectivity index (χ2v) is 4.69. The topological polar surface area (TPSA) is 84.3 Å². The quantitative estimate of drug-likeness (QED) is 0.650. The van der Waals surface area contributed by atoms with Gasteiger partial charge in [-0.3, -0.25) is 14.9 Å². The smallest absolute Gasteiger partial charge is 0.269 e. The summed E-state index contributed by atoms with van der Waals surface area (Å²) in [5.41, 5.74) is 0.833. The number of hydrogen-bond acceptors (Lipinski definition) is 4. The van der Waals surface area contributed by atoms with Crippen molar-refractivity contribution in [3.05, 3.63) is 39.9 Å². The van der Waals surface area contributed by atoms with Crippen LogP contribution in [0.25, 0.3) is 0 Å². The number of hydrogen-bond donors (Lipinski definition) is 2. The molecule has 20 heavy (non-hydrogen) atoms. The van der Waals surface area contributed by atoms with Crippen LogP contribution in [0.2, 0.25) is 0 Å². The maximum atomic E-state index is 11.8. The molecule has 0 unspecified atom stereocenters. The molecule has 1 amide bonds. The Morgan fingerprint density at radius 1 is 1.30 bits per heavy atom. The van der Waals surface area contributed by atoms with Crippen LogP contribution in [0.5, 0.6) is 0 Å². The molecule has 0 aromatic heterocycles. The zero-order chi connectivity index (χ0) is 13.7. The molecule has 0 saturated carbocycles. The second-order valence-electron chi connectivity index (χ2n) is 4.69. The van der Waals surface area contributed by atoms with Crippen LogP contribution in [0.4, 0.5) is 5.69 Å². The standard InChI is InChI=1S/C13H17N3O3.ClH/c17-13(15-11-5-7-14-8-6-11)9-10-1-3-12(4-2-10)16(18)19;/h1-4,11,14H,5-9H2,(H,15,17);1H. The van der Waals surface area contributed by atoms with E-state index in [-0.39, 0.29) is 36.5 Å². The molecule has 0 spiro atoms. The van der Waals surface area contributed by atoms with Gasteiger partial charge in [0.15, 0.2) is 0 Å². The summed E-state index contributed by atoms with van der Waals surface area (Å²) in [5.74, 6) is -0.0271. The average Bonchev–Trinajstić information content (AvgIpc) is 2.40. The molecule has 7 heteroatoms. The highest BCUT2D eigenvalue weighted by Gasteiger charge is 2.15. The van der Waals surface area contributed by atoms with Crippen LogP contribution in [-0.4, -0.2) is 30.0 Å². The highest BCUT2D eigenvalue weighted by molar-refractivity contribution is 5.85.